The van der Waals surface area contributed by atoms with E-state index in [0.717, 1.165) is 24.5 Å². The van der Waals surface area contributed by atoms with Gasteiger partial charge in [-0.1, -0.05) is 23.7 Å². The van der Waals surface area contributed by atoms with E-state index >= 15 is 0 Å². The first-order valence-electron chi connectivity index (χ1n) is 5.90. The summed E-state index contributed by atoms with van der Waals surface area (Å²) in [7, 11) is 2.20. The van der Waals surface area contributed by atoms with Crippen LogP contribution in [-0.2, 0) is 6.42 Å². The summed E-state index contributed by atoms with van der Waals surface area (Å²) in [4.78, 5) is 2.40. The van der Waals surface area contributed by atoms with Crippen LogP contribution in [0, 0.1) is 0 Å². The average Bonchev–Trinajstić information content (AvgIpc) is 2.46. The molecule has 0 amide bonds. The minimum atomic E-state index is 0.564. The van der Waals surface area contributed by atoms with Crippen molar-refractivity contribution in [2.75, 3.05) is 26.7 Å². The summed E-state index contributed by atoms with van der Waals surface area (Å²) in [6, 6.07) is 8.74. The summed E-state index contributed by atoms with van der Waals surface area (Å²) in [6.07, 6.45) is 2.33. The summed E-state index contributed by atoms with van der Waals surface area (Å²) in [5.74, 6) is 0. The van der Waals surface area contributed by atoms with Crippen LogP contribution in [0.4, 0.5) is 0 Å². The fraction of sp³-hybridized carbons (Fsp3) is 0.538. The van der Waals surface area contributed by atoms with Gasteiger partial charge in [0.15, 0.2) is 0 Å². The molecule has 0 unspecified atom stereocenters. The lowest BCUT2D eigenvalue weighted by Gasteiger charge is -2.20. The average molecular weight is 239 g/mol. The van der Waals surface area contributed by atoms with E-state index in [-0.39, 0.29) is 0 Å². The number of benzene rings is 1. The normalized spacial score (nSPS) is 23.0. The summed E-state index contributed by atoms with van der Waals surface area (Å²) in [5.41, 5.74) is 1.36. The number of halogens is 1. The highest BCUT2D eigenvalue weighted by molar-refractivity contribution is 6.30. The molecule has 0 saturated carbocycles. The Hall–Kier alpha value is -0.570. The Labute approximate surface area is 103 Å². The van der Waals surface area contributed by atoms with Gasteiger partial charge in [-0.15, -0.1) is 0 Å². The Balaban J connectivity index is 1.95. The molecule has 0 radical (unpaired) electrons. The van der Waals surface area contributed by atoms with Crippen LogP contribution in [0.1, 0.15) is 12.0 Å². The third kappa shape index (κ3) is 3.48. The predicted octanol–water partition coefficient (Wildman–Crippen LogP) is 2.18. The maximum absolute atomic E-state index is 5.88. The van der Waals surface area contributed by atoms with Crippen LogP contribution in [0.3, 0.4) is 0 Å². The van der Waals surface area contributed by atoms with Crippen LogP contribution >= 0.6 is 11.6 Å². The lowest BCUT2D eigenvalue weighted by atomic mass is 10.1. The van der Waals surface area contributed by atoms with Gasteiger partial charge in [-0.2, -0.15) is 0 Å². The number of hydrogen-bond donors (Lipinski definition) is 1. The molecule has 2 nitrogen and oxygen atoms in total. The topological polar surface area (TPSA) is 15.3 Å². The minimum absolute atomic E-state index is 0.564. The number of rotatable bonds is 2. The molecule has 1 fully saturated rings. The van der Waals surface area contributed by atoms with Gasteiger partial charge in [0.05, 0.1) is 0 Å². The first-order chi connectivity index (χ1) is 7.74. The molecule has 0 aliphatic carbocycles. The second kappa shape index (κ2) is 5.67. The molecule has 0 spiro atoms. The monoisotopic (exact) mass is 238 g/mol. The van der Waals surface area contributed by atoms with Gasteiger partial charge in [0, 0.05) is 17.6 Å². The first kappa shape index (κ1) is 11.9. The van der Waals surface area contributed by atoms with Gasteiger partial charge in [-0.3, -0.25) is 0 Å². The second-order valence-corrected chi connectivity index (χ2v) is 5.03. The molecule has 1 N–H and O–H groups in total. The molecular weight excluding hydrogens is 220 g/mol. The van der Waals surface area contributed by atoms with Gasteiger partial charge < -0.3 is 10.2 Å². The SMILES string of the molecule is CN1CCCN[C@@H](Cc2ccc(Cl)cc2)C1. The van der Waals surface area contributed by atoms with Crippen molar-refractivity contribution in [1.29, 1.82) is 0 Å². The third-order valence-corrected chi connectivity index (χ3v) is 3.33. The van der Waals surface area contributed by atoms with Crippen molar-refractivity contribution in [3.8, 4) is 0 Å². The Morgan fingerprint density at radius 2 is 2.12 bits per heavy atom. The number of nitrogens with zero attached hydrogens (tertiary/aromatic N) is 1. The second-order valence-electron chi connectivity index (χ2n) is 4.60. The molecule has 3 heteroatoms. The Morgan fingerprint density at radius 3 is 2.88 bits per heavy atom. The molecule has 1 aliphatic rings. The molecule has 0 bridgehead atoms. The molecule has 88 valence electrons. The zero-order valence-corrected chi connectivity index (χ0v) is 10.5. The summed E-state index contributed by atoms with van der Waals surface area (Å²) in [5, 5.41) is 4.41. The van der Waals surface area contributed by atoms with Gasteiger partial charge in [0.25, 0.3) is 0 Å². The number of hydrogen-bond acceptors (Lipinski definition) is 2. The van der Waals surface area contributed by atoms with E-state index in [9.17, 15) is 0 Å². The molecule has 16 heavy (non-hydrogen) atoms. The van der Waals surface area contributed by atoms with Crippen molar-refractivity contribution >= 4 is 11.6 Å². The van der Waals surface area contributed by atoms with Crippen molar-refractivity contribution in [2.24, 2.45) is 0 Å². The van der Waals surface area contributed by atoms with Crippen molar-refractivity contribution in [3.63, 3.8) is 0 Å². The molecule has 1 heterocycles. The maximum Gasteiger partial charge on any atom is 0.0406 e. The highest BCUT2D eigenvalue weighted by Gasteiger charge is 2.14. The molecule has 1 aromatic rings. The smallest absolute Gasteiger partial charge is 0.0406 e. The predicted molar refractivity (Wildman–Crippen MR) is 69.1 cm³/mol. The van der Waals surface area contributed by atoms with Gasteiger partial charge in [0.1, 0.15) is 0 Å². The van der Waals surface area contributed by atoms with Gasteiger partial charge in [-0.25, -0.2) is 0 Å². The van der Waals surface area contributed by atoms with Crippen LogP contribution in [0.2, 0.25) is 5.02 Å². The summed E-state index contributed by atoms with van der Waals surface area (Å²) < 4.78 is 0. The third-order valence-electron chi connectivity index (χ3n) is 3.08. The summed E-state index contributed by atoms with van der Waals surface area (Å²) >= 11 is 5.88. The van der Waals surface area contributed by atoms with Crippen molar-refractivity contribution in [2.45, 2.75) is 18.9 Å². The fourth-order valence-corrected chi connectivity index (χ4v) is 2.35. The van der Waals surface area contributed by atoms with E-state index in [1.54, 1.807) is 0 Å². The van der Waals surface area contributed by atoms with Gasteiger partial charge in [0.2, 0.25) is 0 Å². The molecular formula is C13H19ClN2. The largest absolute Gasteiger partial charge is 0.312 e. The van der Waals surface area contributed by atoms with Gasteiger partial charge >= 0.3 is 0 Å². The van der Waals surface area contributed by atoms with Crippen molar-refractivity contribution < 1.29 is 0 Å². The molecule has 1 aliphatic heterocycles. The fourth-order valence-electron chi connectivity index (χ4n) is 2.23. The van der Waals surface area contributed by atoms with Crippen molar-refractivity contribution in [3.05, 3.63) is 34.9 Å². The van der Waals surface area contributed by atoms with E-state index in [4.69, 9.17) is 11.6 Å². The van der Waals surface area contributed by atoms with Gasteiger partial charge in [-0.05, 0) is 50.7 Å². The van der Waals surface area contributed by atoms with E-state index in [0.29, 0.717) is 6.04 Å². The highest BCUT2D eigenvalue weighted by atomic mass is 35.5. The molecule has 1 saturated heterocycles. The van der Waals surface area contributed by atoms with E-state index in [1.165, 1.54) is 18.5 Å². The molecule has 0 aromatic heterocycles. The van der Waals surface area contributed by atoms with Crippen LogP contribution < -0.4 is 5.32 Å². The highest BCUT2D eigenvalue weighted by Crippen LogP contribution is 2.12. The zero-order chi connectivity index (χ0) is 11.4. The van der Waals surface area contributed by atoms with Crippen LogP contribution in [0.25, 0.3) is 0 Å². The standard InChI is InChI=1S/C13H19ClN2/c1-16-8-2-7-15-13(10-16)9-11-3-5-12(14)6-4-11/h3-6,13,15H,2,7-10H2,1H3/t13-/m0/s1. The lowest BCUT2D eigenvalue weighted by Crippen LogP contribution is -2.37. The lowest BCUT2D eigenvalue weighted by molar-refractivity contribution is 0.323. The van der Waals surface area contributed by atoms with Crippen LogP contribution in [0.15, 0.2) is 24.3 Å². The van der Waals surface area contributed by atoms with E-state index < -0.39 is 0 Å². The Morgan fingerprint density at radius 1 is 1.38 bits per heavy atom. The molecule has 1 aromatic carbocycles. The van der Waals surface area contributed by atoms with Crippen LogP contribution in [0.5, 0.6) is 0 Å². The Kier molecular flexibility index (Phi) is 4.22. The van der Waals surface area contributed by atoms with E-state index in [1.807, 2.05) is 12.1 Å². The molecule has 2 rings (SSSR count). The minimum Gasteiger partial charge on any atom is -0.312 e. The molecule has 1 atom stereocenters. The zero-order valence-electron chi connectivity index (χ0n) is 9.75. The summed E-state index contributed by atoms with van der Waals surface area (Å²) in [6.45, 7) is 3.45. The quantitative estimate of drug-likeness (QED) is 0.850. The van der Waals surface area contributed by atoms with Crippen LogP contribution in [-0.4, -0.2) is 37.6 Å². The Bertz CT molecular complexity index is 323. The number of nitrogens with one attached hydrogen (secondary N) is 1. The maximum atomic E-state index is 5.88. The number of likely N-dealkylation sites (N-methyl/N-ethyl adjacent to an activating group) is 1. The van der Waals surface area contributed by atoms with Crippen molar-refractivity contribution in [1.82, 2.24) is 10.2 Å². The van der Waals surface area contributed by atoms with E-state index in [2.05, 4.69) is 29.4 Å². The first-order valence-corrected chi connectivity index (χ1v) is 6.28.